The monoisotopic (exact) mass is 774 g/mol. The molecule has 1 aliphatic carbocycles. The van der Waals surface area contributed by atoms with Crippen LogP contribution in [0.2, 0.25) is 0 Å². The van der Waals surface area contributed by atoms with Crippen LogP contribution in [-0.2, 0) is 43.5 Å². The van der Waals surface area contributed by atoms with Crippen molar-refractivity contribution in [1.82, 2.24) is 0 Å². The summed E-state index contributed by atoms with van der Waals surface area (Å²) in [6.07, 6.45) is 5.30. The summed E-state index contributed by atoms with van der Waals surface area (Å²) in [4.78, 5) is 70.9. The van der Waals surface area contributed by atoms with E-state index in [4.69, 9.17) is 18.9 Å². The Bertz CT molecular complexity index is 2100. The van der Waals surface area contributed by atoms with Crippen molar-refractivity contribution >= 4 is 48.3 Å². The van der Waals surface area contributed by atoms with Crippen LogP contribution in [0, 0.1) is 0 Å². The number of hydrogen-bond acceptors (Lipinski definition) is 14. The number of hydrogen-bond donors (Lipinski definition) is 0. The molecule has 0 saturated heterocycles. The molecule has 0 bridgehead atoms. The zero-order valence-corrected chi connectivity index (χ0v) is 30.6. The Morgan fingerprint density at radius 2 is 0.860 bits per heavy atom. The van der Waals surface area contributed by atoms with Crippen LogP contribution in [0.3, 0.4) is 0 Å². The fourth-order valence-corrected chi connectivity index (χ4v) is 5.39. The number of carbonyl (C=O) groups is 6. The highest BCUT2D eigenvalue weighted by Crippen LogP contribution is 2.50. The first kappa shape index (κ1) is 40.4. The Morgan fingerprint density at radius 1 is 0.491 bits per heavy atom. The predicted molar refractivity (Wildman–Crippen MR) is 203 cm³/mol. The molecule has 290 valence electrons. The predicted octanol–water partition coefficient (Wildman–Crippen LogP) is 7.63. The Hall–Kier alpha value is -7.74. The van der Waals surface area contributed by atoms with Crippen molar-refractivity contribution in [1.29, 1.82) is 0 Å². The number of fused-ring (bicyclic) bond motifs is 3. The maximum absolute atomic E-state index is 12.7. The van der Waals surface area contributed by atoms with Crippen LogP contribution < -0.4 is 18.9 Å². The molecule has 0 amide bonds. The first-order valence-electron chi connectivity index (χ1n) is 16.9. The van der Waals surface area contributed by atoms with Crippen molar-refractivity contribution in [3.05, 3.63) is 145 Å². The minimum atomic E-state index is -1.07. The Morgan fingerprint density at radius 3 is 1.23 bits per heavy atom. The molecule has 14 heteroatoms. The van der Waals surface area contributed by atoms with E-state index in [1.807, 2.05) is 26.0 Å². The number of carbonyl (C=O) groups excluding carboxylic acids is 6. The van der Waals surface area contributed by atoms with Gasteiger partial charge in [-0.25, -0.2) is 28.8 Å². The maximum atomic E-state index is 12.7. The number of benzene rings is 4. The lowest BCUT2D eigenvalue weighted by Gasteiger charge is -2.22. The highest BCUT2D eigenvalue weighted by molar-refractivity contribution is 5.90. The summed E-state index contributed by atoms with van der Waals surface area (Å²) in [5.74, 6) is -1.71. The normalized spacial score (nSPS) is 12.0. The summed E-state index contributed by atoms with van der Waals surface area (Å²) in [7, 11) is 0. The molecule has 14 nitrogen and oxygen atoms in total. The van der Waals surface area contributed by atoms with E-state index in [1.54, 1.807) is 48.5 Å². The molecule has 0 atom stereocenters. The standard InChI is InChI=1S/C43H34O14/c1-5-37(44)50-25-52-41(48)56-29-13-7-27(8-14-29)11-21-39(46)54-31-17-19-33-34-20-18-32(24-36(34)43(3,4)35(33)23-31)55-40(47)22-12-28-9-15-30(16-10-28)57-42(49)53-26-51-38(45)6-2/h5-24H,1-2,25-26H2,3-4H3. The van der Waals surface area contributed by atoms with E-state index in [0.29, 0.717) is 22.6 Å². The summed E-state index contributed by atoms with van der Waals surface area (Å²) in [5.41, 5.74) is 4.45. The molecule has 4 aromatic carbocycles. The molecule has 0 spiro atoms. The van der Waals surface area contributed by atoms with E-state index in [9.17, 15) is 28.8 Å². The van der Waals surface area contributed by atoms with E-state index < -0.39 is 55.2 Å². The van der Waals surface area contributed by atoms with E-state index in [2.05, 4.69) is 32.1 Å². The Labute approximate surface area is 326 Å². The van der Waals surface area contributed by atoms with Gasteiger partial charge in [-0.1, -0.05) is 63.4 Å². The third-order valence-electron chi connectivity index (χ3n) is 8.13. The van der Waals surface area contributed by atoms with Crippen LogP contribution in [0.4, 0.5) is 9.59 Å². The van der Waals surface area contributed by atoms with Gasteiger partial charge in [-0.15, -0.1) is 0 Å². The van der Waals surface area contributed by atoms with Crippen molar-refractivity contribution in [3.63, 3.8) is 0 Å². The van der Waals surface area contributed by atoms with Crippen molar-refractivity contribution in [3.8, 4) is 34.1 Å². The zero-order chi connectivity index (χ0) is 41.0. The van der Waals surface area contributed by atoms with Gasteiger partial charge in [0.2, 0.25) is 13.6 Å². The fraction of sp³-hybridized carbons (Fsp3) is 0.116. The SMILES string of the molecule is C=CC(=O)OCOC(=O)Oc1ccc(C=CC(=O)Oc2ccc3c(c2)C(C)(C)c2cc(OC(=O)C=Cc4ccc(OC(=O)OCOC(=O)C=C)cc4)ccc2-3)cc1. The van der Waals surface area contributed by atoms with Crippen molar-refractivity contribution in [2.75, 3.05) is 13.6 Å². The molecule has 57 heavy (non-hydrogen) atoms. The van der Waals surface area contributed by atoms with Gasteiger partial charge in [0.1, 0.15) is 23.0 Å². The fourth-order valence-electron chi connectivity index (χ4n) is 5.39. The topological polar surface area (TPSA) is 176 Å². The molecule has 0 aromatic heterocycles. The lowest BCUT2D eigenvalue weighted by Crippen LogP contribution is -2.16. The van der Waals surface area contributed by atoms with Gasteiger partial charge in [0, 0.05) is 29.7 Å². The second-order valence-electron chi connectivity index (χ2n) is 12.3. The summed E-state index contributed by atoms with van der Waals surface area (Å²) in [5, 5.41) is 0. The zero-order valence-electron chi connectivity index (χ0n) is 30.6. The smallest absolute Gasteiger partial charge is 0.425 e. The summed E-state index contributed by atoms with van der Waals surface area (Å²) >= 11 is 0. The van der Waals surface area contributed by atoms with Gasteiger partial charge < -0.3 is 37.9 Å². The lowest BCUT2D eigenvalue weighted by molar-refractivity contribution is -0.147. The second kappa shape index (κ2) is 18.5. The Balaban J connectivity index is 1.13. The van der Waals surface area contributed by atoms with Gasteiger partial charge >= 0.3 is 36.2 Å². The van der Waals surface area contributed by atoms with E-state index in [-0.39, 0.29) is 11.5 Å². The van der Waals surface area contributed by atoms with Crippen molar-refractivity contribution < 1.29 is 66.7 Å². The van der Waals surface area contributed by atoms with E-state index in [0.717, 1.165) is 34.4 Å². The third-order valence-corrected chi connectivity index (χ3v) is 8.13. The van der Waals surface area contributed by atoms with Crippen LogP contribution in [0.1, 0.15) is 36.1 Å². The van der Waals surface area contributed by atoms with E-state index in [1.165, 1.54) is 48.6 Å². The molecule has 0 radical (unpaired) electrons. The average molecular weight is 775 g/mol. The summed E-state index contributed by atoms with van der Waals surface area (Å²) in [6.45, 7) is 9.25. The molecular formula is C43H34O14. The van der Waals surface area contributed by atoms with Crippen LogP contribution in [0.15, 0.2) is 122 Å². The molecule has 5 rings (SSSR count). The third kappa shape index (κ3) is 11.1. The molecule has 0 aliphatic heterocycles. The molecular weight excluding hydrogens is 740 g/mol. The van der Waals surface area contributed by atoms with Gasteiger partial charge in [-0.2, -0.15) is 0 Å². The molecule has 1 aliphatic rings. The molecule has 0 heterocycles. The summed E-state index contributed by atoms with van der Waals surface area (Å²) < 4.78 is 39.6. The lowest BCUT2D eigenvalue weighted by atomic mass is 9.82. The molecule has 0 unspecified atom stereocenters. The van der Waals surface area contributed by atoms with Gasteiger partial charge in [0.05, 0.1) is 0 Å². The number of esters is 4. The minimum Gasteiger partial charge on any atom is -0.425 e. The van der Waals surface area contributed by atoms with Crippen LogP contribution >= 0.6 is 0 Å². The Kier molecular flexibility index (Phi) is 13.2. The second-order valence-corrected chi connectivity index (χ2v) is 12.3. The highest BCUT2D eigenvalue weighted by atomic mass is 16.8. The van der Waals surface area contributed by atoms with Gasteiger partial charge in [-0.05, 0) is 94.1 Å². The number of ether oxygens (including phenoxy) is 8. The average Bonchev–Trinajstić information content (AvgIpc) is 3.41. The molecule has 0 fully saturated rings. The largest absolute Gasteiger partial charge is 0.516 e. The van der Waals surface area contributed by atoms with Gasteiger partial charge in [0.25, 0.3) is 0 Å². The van der Waals surface area contributed by atoms with Crippen LogP contribution in [-0.4, -0.2) is 49.8 Å². The maximum Gasteiger partial charge on any atom is 0.516 e. The quantitative estimate of drug-likeness (QED) is 0.0402. The molecule has 4 aromatic rings. The van der Waals surface area contributed by atoms with Gasteiger partial charge in [-0.3, -0.25) is 0 Å². The van der Waals surface area contributed by atoms with Crippen LogP contribution in [0.5, 0.6) is 23.0 Å². The molecule has 0 saturated carbocycles. The summed E-state index contributed by atoms with van der Waals surface area (Å²) in [6, 6.07) is 23.1. The number of rotatable bonds is 14. The van der Waals surface area contributed by atoms with E-state index >= 15 is 0 Å². The van der Waals surface area contributed by atoms with Crippen molar-refractivity contribution in [2.24, 2.45) is 0 Å². The van der Waals surface area contributed by atoms with Crippen LogP contribution in [0.25, 0.3) is 23.3 Å². The van der Waals surface area contributed by atoms with Crippen molar-refractivity contribution in [2.45, 2.75) is 19.3 Å². The minimum absolute atomic E-state index is 0.168. The first-order chi connectivity index (χ1) is 27.3. The highest BCUT2D eigenvalue weighted by Gasteiger charge is 2.36. The van der Waals surface area contributed by atoms with Gasteiger partial charge in [0.15, 0.2) is 0 Å². The molecule has 0 N–H and O–H groups in total. The first-order valence-corrected chi connectivity index (χ1v) is 16.9.